The number of carbonyl (C=O) groups is 2. The summed E-state index contributed by atoms with van der Waals surface area (Å²) in [5.41, 5.74) is 3.69. The van der Waals surface area contributed by atoms with Crippen molar-refractivity contribution < 1.29 is 19.1 Å². The Balaban J connectivity index is 1.84. The van der Waals surface area contributed by atoms with Crippen LogP contribution >= 0.6 is 0 Å². The van der Waals surface area contributed by atoms with Crippen LogP contribution in [-0.2, 0) is 15.9 Å². The van der Waals surface area contributed by atoms with Gasteiger partial charge in [0.15, 0.2) is 5.78 Å². The Morgan fingerprint density at radius 2 is 1.96 bits per heavy atom. The first-order chi connectivity index (χ1) is 11.6. The summed E-state index contributed by atoms with van der Waals surface area (Å²) in [6.45, 7) is 2.34. The number of methoxy groups -OCH3 is 1. The quantitative estimate of drug-likeness (QED) is 0.677. The molecule has 24 heavy (non-hydrogen) atoms. The zero-order valence-corrected chi connectivity index (χ0v) is 13.9. The van der Waals surface area contributed by atoms with Gasteiger partial charge in [0.25, 0.3) is 0 Å². The molecule has 2 aromatic rings. The first-order valence-electron chi connectivity index (χ1n) is 8.07. The Bertz CT molecular complexity index is 748. The molecule has 5 heteroatoms. The number of aromatic nitrogens is 1. The number of ether oxygens (including phenoxy) is 2. The van der Waals surface area contributed by atoms with Crippen molar-refractivity contribution in [1.82, 2.24) is 4.98 Å². The first kappa shape index (κ1) is 16.5. The number of ketones is 1. The fourth-order valence-corrected chi connectivity index (χ4v) is 3.29. The van der Waals surface area contributed by atoms with Crippen LogP contribution in [0.5, 0.6) is 0 Å². The van der Waals surface area contributed by atoms with E-state index in [0.29, 0.717) is 29.8 Å². The lowest BCUT2D eigenvalue weighted by Crippen LogP contribution is -2.18. The molecule has 1 heterocycles. The summed E-state index contributed by atoms with van der Waals surface area (Å²) in [5.74, 6) is -0.223. The summed E-state index contributed by atoms with van der Waals surface area (Å²) in [7, 11) is 1.55. The smallest absolute Gasteiger partial charge is 0.355 e. The average molecular weight is 327 g/mol. The third-order valence-electron chi connectivity index (χ3n) is 4.48. The monoisotopic (exact) mass is 327 g/mol. The van der Waals surface area contributed by atoms with E-state index in [-0.39, 0.29) is 18.3 Å². The van der Waals surface area contributed by atoms with E-state index >= 15 is 0 Å². The molecule has 0 aliphatic heterocycles. The van der Waals surface area contributed by atoms with Crippen molar-refractivity contribution in [3.8, 4) is 0 Å². The second-order valence-electron chi connectivity index (χ2n) is 6.05. The number of hydrogen-bond donors (Lipinski definition) is 1. The molecule has 1 atom stereocenters. The predicted molar refractivity (Wildman–Crippen MR) is 89.5 cm³/mol. The Kier molecular flexibility index (Phi) is 4.81. The van der Waals surface area contributed by atoms with Crippen molar-refractivity contribution in [1.29, 1.82) is 0 Å². The number of benzene rings is 1. The first-order valence-corrected chi connectivity index (χ1v) is 8.07. The summed E-state index contributed by atoms with van der Waals surface area (Å²) in [6.07, 6.45) is 1.19. The number of aromatic amines is 1. The van der Waals surface area contributed by atoms with Gasteiger partial charge in [-0.1, -0.05) is 30.3 Å². The Morgan fingerprint density at radius 3 is 2.67 bits per heavy atom. The highest BCUT2D eigenvalue weighted by atomic mass is 16.6. The van der Waals surface area contributed by atoms with Gasteiger partial charge in [-0.3, -0.25) is 4.79 Å². The molecule has 1 aromatic carbocycles. The summed E-state index contributed by atoms with van der Waals surface area (Å²) in [6, 6.07) is 10.0. The Hall–Kier alpha value is -2.40. The Labute approximate surface area is 141 Å². The van der Waals surface area contributed by atoms with Gasteiger partial charge in [0.05, 0.1) is 6.61 Å². The molecule has 0 fully saturated rings. The van der Waals surface area contributed by atoms with Gasteiger partial charge in [0.1, 0.15) is 12.3 Å². The number of esters is 1. The van der Waals surface area contributed by atoms with E-state index < -0.39 is 5.97 Å². The minimum absolute atomic E-state index is 0.0785. The van der Waals surface area contributed by atoms with Gasteiger partial charge in [-0.2, -0.15) is 0 Å². The third kappa shape index (κ3) is 3.12. The van der Waals surface area contributed by atoms with Gasteiger partial charge in [0, 0.05) is 24.8 Å². The summed E-state index contributed by atoms with van der Waals surface area (Å²) in [4.78, 5) is 27.9. The topological polar surface area (TPSA) is 68.4 Å². The van der Waals surface area contributed by atoms with Gasteiger partial charge in [-0.15, -0.1) is 0 Å². The molecule has 3 rings (SSSR count). The standard InChI is InChI=1S/C19H21NO4/c1-12-17-15(20-18(12)19(22)24-9-8-23-2)10-14(11-16(17)21)13-6-4-3-5-7-13/h3-7,14,20H,8-11H2,1-2H3/t14-/m0/s1. The molecule has 0 radical (unpaired) electrons. The van der Waals surface area contributed by atoms with E-state index in [1.54, 1.807) is 14.0 Å². The highest BCUT2D eigenvalue weighted by molar-refractivity contribution is 6.03. The fourth-order valence-electron chi connectivity index (χ4n) is 3.29. The summed E-state index contributed by atoms with van der Waals surface area (Å²) >= 11 is 0. The highest BCUT2D eigenvalue weighted by Gasteiger charge is 2.32. The molecule has 1 aliphatic carbocycles. The van der Waals surface area contributed by atoms with E-state index in [2.05, 4.69) is 4.98 Å². The van der Waals surface area contributed by atoms with E-state index in [1.165, 1.54) is 0 Å². The van der Waals surface area contributed by atoms with Gasteiger partial charge in [-0.25, -0.2) is 4.79 Å². The van der Waals surface area contributed by atoms with Gasteiger partial charge < -0.3 is 14.5 Å². The van der Waals surface area contributed by atoms with Crippen LogP contribution in [0.3, 0.4) is 0 Å². The van der Waals surface area contributed by atoms with Crippen LogP contribution in [0.1, 0.15) is 50.0 Å². The number of nitrogens with one attached hydrogen (secondary N) is 1. The lowest BCUT2D eigenvalue weighted by Gasteiger charge is -2.22. The molecular weight excluding hydrogens is 306 g/mol. The van der Waals surface area contributed by atoms with E-state index in [0.717, 1.165) is 17.7 Å². The molecule has 0 unspecified atom stereocenters. The molecule has 0 saturated carbocycles. The van der Waals surface area contributed by atoms with Gasteiger partial charge in [0.2, 0.25) is 0 Å². The van der Waals surface area contributed by atoms with Crippen LogP contribution in [0, 0.1) is 6.92 Å². The minimum Gasteiger partial charge on any atom is -0.459 e. The summed E-state index contributed by atoms with van der Waals surface area (Å²) < 4.78 is 10.0. The van der Waals surface area contributed by atoms with Gasteiger partial charge in [-0.05, 0) is 30.4 Å². The minimum atomic E-state index is -0.442. The number of H-pyrrole nitrogens is 1. The van der Waals surface area contributed by atoms with E-state index in [9.17, 15) is 9.59 Å². The maximum atomic E-state index is 12.6. The van der Waals surface area contributed by atoms with Gasteiger partial charge >= 0.3 is 5.97 Å². The highest BCUT2D eigenvalue weighted by Crippen LogP contribution is 2.35. The maximum Gasteiger partial charge on any atom is 0.355 e. The zero-order chi connectivity index (χ0) is 17.1. The zero-order valence-electron chi connectivity index (χ0n) is 13.9. The average Bonchev–Trinajstić information content (AvgIpc) is 2.93. The molecule has 0 bridgehead atoms. The molecule has 0 spiro atoms. The van der Waals surface area contributed by atoms with Crippen LogP contribution < -0.4 is 0 Å². The molecule has 0 saturated heterocycles. The predicted octanol–water partition coefficient (Wildman–Crippen LogP) is 3.04. The number of hydrogen-bond acceptors (Lipinski definition) is 4. The maximum absolute atomic E-state index is 12.6. The van der Waals surface area contributed by atoms with E-state index in [1.807, 2.05) is 30.3 Å². The molecule has 1 aliphatic rings. The van der Waals surface area contributed by atoms with E-state index in [4.69, 9.17) is 9.47 Å². The van der Waals surface area contributed by atoms with Crippen LogP contribution in [-0.4, -0.2) is 37.1 Å². The molecule has 0 amide bonds. The van der Waals surface area contributed by atoms with Crippen LogP contribution in [0.15, 0.2) is 30.3 Å². The fraction of sp³-hybridized carbons (Fsp3) is 0.368. The van der Waals surface area contributed by atoms with Crippen molar-refractivity contribution in [3.63, 3.8) is 0 Å². The third-order valence-corrected chi connectivity index (χ3v) is 4.48. The van der Waals surface area contributed by atoms with Crippen molar-refractivity contribution >= 4 is 11.8 Å². The number of fused-ring (bicyclic) bond motifs is 1. The van der Waals surface area contributed by atoms with Crippen LogP contribution in [0.2, 0.25) is 0 Å². The normalized spacial score (nSPS) is 16.8. The molecule has 126 valence electrons. The summed E-state index contributed by atoms with van der Waals surface area (Å²) in [5, 5.41) is 0. The number of carbonyl (C=O) groups excluding carboxylic acids is 2. The molecule has 1 N–H and O–H groups in total. The lowest BCUT2D eigenvalue weighted by molar-refractivity contribution is 0.0381. The molecule has 1 aromatic heterocycles. The lowest BCUT2D eigenvalue weighted by atomic mass is 9.81. The molecule has 5 nitrogen and oxygen atoms in total. The second kappa shape index (κ2) is 7.01. The van der Waals surface area contributed by atoms with Crippen molar-refractivity contribution in [2.45, 2.75) is 25.7 Å². The van der Waals surface area contributed by atoms with Crippen molar-refractivity contribution in [2.75, 3.05) is 20.3 Å². The van der Waals surface area contributed by atoms with Crippen LogP contribution in [0.4, 0.5) is 0 Å². The molecular formula is C19H21NO4. The Morgan fingerprint density at radius 1 is 1.21 bits per heavy atom. The SMILES string of the molecule is COCCOC(=O)c1[nH]c2c(c1C)C(=O)C[C@@H](c1ccccc1)C2. The number of Topliss-reactive ketones (excluding diaryl/α,β-unsaturated/α-hetero) is 1. The van der Waals surface area contributed by atoms with Crippen LogP contribution in [0.25, 0.3) is 0 Å². The number of rotatable bonds is 5. The largest absolute Gasteiger partial charge is 0.459 e. The van der Waals surface area contributed by atoms with Crippen molar-refractivity contribution in [2.24, 2.45) is 0 Å². The second-order valence-corrected chi connectivity index (χ2v) is 6.05. The van der Waals surface area contributed by atoms with Crippen molar-refractivity contribution in [3.05, 3.63) is 58.4 Å².